The Labute approximate surface area is 77.8 Å². The highest BCUT2D eigenvalue weighted by Gasteiger charge is 2.05. The summed E-state index contributed by atoms with van der Waals surface area (Å²) < 4.78 is 1.93. The molecule has 1 rings (SSSR count). The van der Waals surface area contributed by atoms with Crippen molar-refractivity contribution in [2.24, 2.45) is 0 Å². The average Bonchev–Trinajstić information content (AvgIpc) is 2.54. The lowest BCUT2D eigenvalue weighted by Crippen LogP contribution is -2.21. The molecule has 1 heterocycles. The van der Waals surface area contributed by atoms with Crippen LogP contribution in [0.5, 0.6) is 0 Å². The topological polar surface area (TPSA) is 57.4 Å². The molecular weight excluding hydrogens is 168 g/mol. The van der Waals surface area contributed by atoms with Gasteiger partial charge in [-0.1, -0.05) is 0 Å². The van der Waals surface area contributed by atoms with Gasteiger partial charge in [-0.25, -0.2) is 0 Å². The van der Waals surface area contributed by atoms with Crippen molar-refractivity contribution < 1.29 is 10.2 Å². The molecule has 0 aliphatic heterocycles. The normalized spacial score (nSPS) is 13.2. The highest BCUT2D eigenvalue weighted by molar-refractivity contribution is 5.06. The number of hydrogen-bond acceptors (Lipinski definition) is 3. The van der Waals surface area contributed by atoms with E-state index in [4.69, 9.17) is 5.11 Å². The quantitative estimate of drug-likeness (QED) is 0.581. The molecule has 1 unspecified atom stereocenters. The molecular formula is C9H16N2O2. The molecule has 0 amide bonds. The second-order valence-electron chi connectivity index (χ2n) is 3.02. The molecule has 0 aliphatic rings. The van der Waals surface area contributed by atoms with Gasteiger partial charge in [0, 0.05) is 18.4 Å². The van der Waals surface area contributed by atoms with Crippen LogP contribution < -0.4 is 5.32 Å². The lowest BCUT2D eigenvalue weighted by Gasteiger charge is -2.12. The molecule has 13 heavy (non-hydrogen) atoms. The van der Waals surface area contributed by atoms with E-state index in [1.165, 1.54) is 0 Å². The molecule has 3 N–H and O–H groups in total. The van der Waals surface area contributed by atoms with E-state index in [0.29, 0.717) is 6.54 Å². The van der Waals surface area contributed by atoms with Crippen molar-refractivity contribution in [1.29, 1.82) is 0 Å². The Morgan fingerprint density at radius 1 is 1.62 bits per heavy atom. The Bertz CT molecular complexity index is 248. The van der Waals surface area contributed by atoms with Crippen LogP contribution in [0.25, 0.3) is 0 Å². The Morgan fingerprint density at radius 3 is 3.00 bits per heavy atom. The summed E-state index contributed by atoms with van der Waals surface area (Å²) in [6.45, 7) is 1.02. The van der Waals surface area contributed by atoms with Crippen LogP contribution in [0.15, 0.2) is 18.3 Å². The molecule has 74 valence electrons. The van der Waals surface area contributed by atoms with Crippen molar-refractivity contribution in [2.45, 2.75) is 19.2 Å². The highest BCUT2D eigenvalue weighted by Crippen LogP contribution is 2.03. The predicted octanol–water partition coefficient (Wildman–Crippen LogP) is -0.439. The zero-order valence-electron chi connectivity index (χ0n) is 7.77. The van der Waals surface area contributed by atoms with Crippen molar-refractivity contribution in [3.05, 3.63) is 24.0 Å². The van der Waals surface area contributed by atoms with E-state index in [9.17, 15) is 5.11 Å². The average molecular weight is 184 g/mol. The Balaban J connectivity index is 2.59. The van der Waals surface area contributed by atoms with Gasteiger partial charge >= 0.3 is 0 Å². The smallest absolute Gasteiger partial charge is 0.0949 e. The molecule has 1 atom stereocenters. The molecule has 0 radical (unpaired) electrons. The van der Waals surface area contributed by atoms with Gasteiger partial charge in [-0.05, 0) is 19.2 Å². The van der Waals surface area contributed by atoms with E-state index in [1.807, 2.05) is 29.9 Å². The van der Waals surface area contributed by atoms with Crippen LogP contribution in [0.4, 0.5) is 0 Å². The van der Waals surface area contributed by atoms with E-state index in [1.54, 1.807) is 0 Å². The summed E-state index contributed by atoms with van der Waals surface area (Å²) in [5, 5.41) is 20.9. The van der Waals surface area contributed by atoms with Crippen LogP contribution in [-0.2, 0) is 13.1 Å². The fourth-order valence-electron chi connectivity index (χ4n) is 1.25. The minimum Gasteiger partial charge on any atom is -0.394 e. The first-order valence-corrected chi connectivity index (χ1v) is 4.35. The van der Waals surface area contributed by atoms with Crippen molar-refractivity contribution in [3.8, 4) is 0 Å². The second-order valence-corrected chi connectivity index (χ2v) is 3.02. The molecule has 0 spiro atoms. The van der Waals surface area contributed by atoms with Crippen LogP contribution in [0.2, 0.25) is 0 Å². The molecule has 0 aromatic carbocycles. The van der Waals surface area contributed by atoms with Gasteiger partial charge in [0.2, 0.25) is 0 Å². The molecule has 1 aromatic rings. The number of hydrogen-bond donors (Lipinski definition) is 3. The summed E-state index contributed by atoms with van der Waals surface area (Å²) in [5.74, 6) is 0. The lowest BCUT2D eigenvalue weighted by molar-refractivity contribution is 0.0806. The Kier molecular flexibility index (Phi) is 3.95. The fraction of sp³-hybridized carbons (Fsp3) is 0.556. The largest absolute Gasteiger partial charge is 0.394 e. The first-order valence-electron chi connectivity index (χ1n) is 4.35. The molecule has 0 aliphatic carbocycles. The Hall–Kier alpha value is -0.840. The van der Waals surface area contributed by atoms with Crippen LogP contribution >= 0.6 is 0 Å². The first kappa shape index (κ1) is 10.2. The monoisotopic (exact) mass is 184 g/mol. The number of aliphatic hydroxyl groups is 2. The first-order chi connectivity index (χ1) is 6.27. The highest BCUT2D eigenvalue weighted by atomic mass is 16.3. The summed E-state index contributed by atoms with van der Waals surface area (Å²) in [5.41, 5.74) is 1.11. The number of nitrogens with zero attached hydrogens (tertiary/aromatic N) is 1. The van der Waals surface area contributed by atoms with E-state index in [-0.39, 0.29) is 6.61 Å². The third-order valence-corrected chi connectivity index (χ3v) is 1.90. The van der Waals surface area contributed by atoms with E-state index in [2.05, 4.69) is 5.32 Å². The zero-order valence-corrected chi connectivity index (χ0v) is 7.77. The molecule has 0 fully saturated rings. The predicted molar refractivity (Wildman–Crippen MR) is 50.3 cm³/mol. The minimum absolute atomic E-state index is 0.197. The fourth-order valence-corrected chi connectivity index (χ4v) is 1.25. The van der Waals surface area contributed by atoms with Gasteiger partial charge in [0.1, 0.15) is 0 Å². The third-order valence-electron chi connectivity index (χ3n) is 1.90. The molecule has 0 saturated carbocycles. The van der Waals surface area contributed by atoms with Crippen molar-refractivity contribution in [2.75, 3.05) is 13.7 Å². The van der Waals surface area contributed by atoms with Crippen molar-refractivity contribution >= 4 is 0 Å². The van der Waals surface area contributed by atoms with Gasteiger partial charge in [0.05, 0.1) is 19.3 Å². The number of aliphatic hydroxyl groups excluding tert-OH is 2. The standard InChI is InChI=1S/C9H16N2O2/c1-10-5-8-3-2-4-11(8)6-9(13)7-12/h2-4,9-10,12-13H,5-7H2,1H3. The maximum absolute atomic E-state index is 9.23. The second kappa shape index (κ2) is 5.01. The molecule has 4 heteroatoms. The van der Waals surface area contributed by atoms with Gasteiger partial charge in [-0.3, -0.25) is 0 Å². The summed E-state index contributed by atoms with van der Waals surface area (Å²) >= 11 is 0. The van der Waals surface area contributed by atoms with Crippen LogP contribution in [0.3, 0.4) is 0 Å². The van der Waals surface area contributed by atoms with Gasteiger partial charge in [-0.2, -0.15) is 0 Å². The Morgan fingerprint density at radius 2 is 2.38 bits per heavy atom. The maximum Gasteiger partial charge on any atom is 0.0949 e. The molecule has 1 aromatic heterocycles. The van der Waals surface area contributed by atoms with Crippen molar-refractivity contribution in [1.82, 2.24) is 9.88 Å². The summed E-state index contributed by atoms with van der Waals surface area (Å²) in [6, 6.07) is 3.91. The maximum atomic E-state index is 9.23. The van der Waals surface area contributed by atoms with E-state index < -0.39 is 6.10 Å². The minimum atomic E-state index is -0.678. The van der Waals surface area contributed by atoms with Gasteiger partial charge in [0.25, 0.3) is 0 Å². The van der Waals surface area contributed by atoms with E-state index >= 15 is 0 Å². The van der Waals surface area contributed by atoms with Crippen LogP contribution in [0.1, 0.15) is 5.69 Å². The van der Waals surface area contributed by atoms with Gasteiger partial charge in [-0.15, -0.1) is 0 Å². The molecule has 0 bridgehead atoms. The molecule has 4 nitrogen and oxygen atoms in total. The molecule has 0 saturated heterocycles. The van der Waals surface area contributed by atoms with Crippen LogP contribution in [0, 0.1) is 0 Å². The van der Waals surface area contributed by atoms with Crippen molar-refractivity contribution in [3.63, 3.8) is 0 Å². The van der Waals surface area contributed by atoms with E-state index in [0.717, 1.165) is 12.2 Å². The SMILES string of the molecule is CNCc1cccn1CC(O)CO. The number of nitrogens with one attached hydrogen (secondary N) is 1. The summed E-state index contributed by atoms with van der Waals surface area (Å²) in [4.78, 5) is 0. The van der Waals surface area contributed by atoms with Gasteiger partial charge < -0.3 is 20.1 Å². The third kappa shape index (κ3) is 2.84. The summed E-state index contributed by atoms with van der Waals surface area (Å²) in [6.07, 6.45) is 1.22. The zero-order chi connectivity index (χ0) is 9.68. The number of rotatable bonds is 5. The number of aromatic nitrogens is 1. The van der Waals surface area contributed by atoms with Gasteiger partial charge in [0.15, 0.2) is 0 Å². The lowest BCUT2D eigenvalue weighted by atomic mass is 10.3. The van der Waals surface area contributed by atoms with Crippen LogP contribution in [-0.4, -0.2) is 34.5 Å². The summed E-state index contributed by atoms with van der Waals surface area (Å²) in [7, 11) is 1.87.